The number of hydrogen-bond acceptors (Lipinski definition) is 2. The maximum atomic E-state index is 9.57. The lowest BCUT2D eigenvalue weighted by Gasteiger charge is -2.00. The van der Waals surface area contributed by atoms with E-state index in [2.05, 4.69) is 15.9 Å². The van der Waals surface area contributed by atoms with E-state index in [1.54, 1.807) is 24.5 Å². The molecule has 3 heteroatoms. The van der Waals surface area contributed by atoms with E-state index in [0.717, 1.165) is 4.47 Å². The molecule has 1 heterocycles. The first-order valence-electron chi connectivity index (χ1n) is 3.80. The minimum absolute atomic E-state index is 0.212. The minimum atomic E-state index is 0.212. The molecule has 0 spiro atoms. The van der Waals surface area contributed by atoms with Crippen molar-refractivity contribution in [3.8, 4) is 17.1 Å². The van der Waals surface area contributed by atoms with Crippen LogP contribution in [-0.2, 0) is 0 Å². The van der Waals surface area contributed by atoms with Gasteiger partial charge < -0.3 is 9.52 Å². The van der Waals surface area contributed by atoms with E-state index in [1.807, 2.05) is 12.1 Å². The van der Waals surface area contributed by atoms with Gasteiger partial charge in [-0.05, 0) is 30.3 Å². The second-order valence-electron chi connectivity index (χ2n) is 2.64. The van der Waals surface area contributed by atoms with E-state index < -0.39 is 0 Å². The highest BCUT2D eigenvalue weighted by molar-refractivity contribution is 9.10. The maximum Gasteiger partial charge on any atom is 0.137 e. The van der Waals surface area contributed by atoms with Crippen LogP contribution >= 0.6 is 15.9 Å². The summed E-state index contributed by atoms with van der Waals surface area (Å²) in [4.78, 5) is 0. The van der Waals surface area contributed by atoms with Crippen molar-refractivity contribution in [2.75, 3.05) is 0 Å². The predicted molar refractivity (Wildman–Crippen MR) is 53.5 cm³/mol. The molecule has 0 saturated heterocycles. The van der Waals surface area contributed by atoms with Gasteiger partial charge in [0.2, 0.25) is 0 Å². The first-order chi connectivity index (χ1) is 6.27. The highest BCUT2D eigenvalue weighted by Gasteiger charge is 2.06. The number of hydrogen-bond donors (Lipinski definition) is 1. The molecule has 1 aromatic heterocycles. The van der Waals surface area contributed by atoms with Crippen molar-refractivity contribution >= 4 is 15.9 Å². The molecule has 0 aliphatic heterocycles. The Balaban J connectivity index is 2.53. The molecule has 0 fully saturated rings. The van der Waals surface area contributed by atoms with Crippen molar-refractivity contribution in [3.63, 3.8) is 0 Å². The van der Waals surface area contributed by atoms with Gasteiger partial charge in [-0.2, -0.15) is 0 Å². The lowest BCUT2D eigenvalue weighted by molar-refractivity contribution is 0.473. The van der Waals surface area contributed by atoms with Gasteiger partial charge in [0.05, 0.1) is 11.8 Å². The smallest absolute Gasteiger partial charge is 0.137 e. The molecule has 66 valence electrons. The van der Waals surface area contributed by atoms with Crippen LogP contribution in [-0.4, -0.2) is 5.11 Å². The van der Waals surface area contributed by atoms with Crippen molar-refractivity contribution in [1.29, 1.82) is 0 Å². The van der Waals surface area contributed by atoms with Gasteiger partial charge >= 0.3 is 0 Å². The number of benzene rings is 1. The van der Waals surface area contributed by atoms with Gasteiger partial charge in [-0.1, -0.05) is 15.9 Å². The van der Waals surface area contributed by atoms with Gasteiger partial charge in [-0.15, -0.1) is 0 Å². The summed E-state index contributed by atoms with van der Waals surface area (Å²) >= 11 is 3.27. The molecule has 1 N–H and O–H groups in total. The molecule has 0 aliphatic carbocycles. The number of rotatable bonds is 1. The van der Waals surface area contributed by atoms with Crippen LogP contribution in [0.25, 0.3) is 11.3 Å². The van der Waals surface area contributed by atoms with Crippen LogP contribution in [0.1, 0.15) is 0 Å². The molecule has 0 saturated carbocycles. The van der Waals surface area contributed by atoms with Crippen LogP contribution < -0.4 is 0 Å². The van der Waals surface area contributed by atoms with E-state index in [4.69, 9.17) is 4.42 Å². The zero-order valence-corrected chi connectivity index (χ0v) is 8.28. The summed E-state index contributed by atoms with van der Waals surface area (Å²) in [5.74, 6) is 0.884. The summed E-state index contributed by atoms with van der Waals surface area (Å²) in [7, 11) is 0. The SMILES string of the molecule is Oc1cc(Br)ccc1-c1ccco1. The quantitative estimate of drug-likeness (QED) is 0.827. The van der Waals surface area contributed by atoms with Crippen molar-refractivity contribution in [1.82, 2.24) is 0 Å². The Kier molecular flexibility index (Phi) is 2.10. The fourth-order valence-corrected chi connectivity index (χ4v) is 1.49. The monoisotopic (exact) mass is 238 g/mol. The zero-order valence-electron chi connectivity index (χ0n) is 6.70. The molecular formula is C10H7BrO2. The van der Waals surface area contributed by atoms with E-state index in [1.165, 1.54) is 0 Å². The number of halogens is 1. The van der Waals surface area contributed by atoms with Gasteiger partial charge in [-0.3, -0.25) is 0 Å². The molecular weight excluding hydrogens is 232 g/mol. The van der Waals surface area contributed by atoms with Gasteiger partial charge in [0.1, 0.15) is 11.5 Å². The molecule has 2 rings (SSSR count). The second kappa shape index (κ2) is 3.26. The number of phenols is 1. The van der Waals surface area contributed by atoms with E-state index >= 15 is 0 Å². The first kappa shape index (κ1) is 8.38. The summed E-state index contributed by atoms with van der Waals surface area (Å²) in [5, 5.41) is 9.57. The molecule has 13 heavy (non-hydrogen) atoms. The minimum Gasteiger partial charge on any atom is -0.507 e. The normalized spacial score (nSPS) is 10.2. The standard InChI is InChI=1S/C10H7BrO2/c11-7-3-4-8(9(12)6-7)10-2-1-5-13-10/h1-6,12H. The number of aromatic hydroxyl groups is 1. The lowest BCUT2D eigenvalue weighted by atomic mass is 10.1. The highest BCUT2D eigenvalue weighted by Crippen LogP contribution is 2.31. The molecule has 0 amide bonds. The van der Waals surface area contributed by atoms with Crippen molar-refractivity contribution in [3.05, 3.63) is 41.1 Å². The van der Waals surface area contributed by atoms with Gasteiger partial charge in [-0.25, -0.2) is 0 Å². The van der Waals surface area contributed by atoms with E-state index in [0.29, 0.717) is 11.3 Å². The third kappa shape index (κ3) is 1.60. The zero-order chi connectivity index (χ0) is 9.26. The largest absolute Gasteiger partial charge is 0.507 e. The number of furan rings is 1. The second-order valence-corrected chi connectivity index (χ2v) is 3.55. The van der Waals surface area contributed by atoms with Crippen LogP contribution in [0.3, 0.4) is 0 Å². The van der Waals surface area contributed by atoms with Gasteiger partial charge in [0, 0.05) is 4.47 Å². The molecule has 0 bridgehead atoms. The van der Waals surface area contributed by atoms with Crippen LogP contribution in [0.5, 0.6) is 5.75 Å². The van der Waals surface area contributed by atoms with Crippen molar-refractivity contribution < 1.29 is 9.52 Å². The van der Waals surface area contributed by atoms with Crippen LogP contribution in [0.2, 0.25) is 0 Å². The molecule has 0 unspecified atom stereocenters. The summed E-state index contributed by atoms with van der Waals surface area (Å²) in [6.07, 6.45) is 1.58. The fourth-order valence-electron chi connectivity index (χ4n) is 1.14. The van der Waals surface area contributed by atoms with Crippen molar-refractivity contribution in [2.24, 2.45) is 0 Å². The van der Waals surface area contributed by atoms with Crippen LogP contribution in [0.15, 0.2) is 45.5 Å². The Morgan fingerprint density at radius 3 is 2.69 bits per heavy atom. The molecule has 0 atom stereocenters. The summed E-state index contributed by atoms with van der Waals surface area (Å²) in [6, 6.07) is 8.90. The first-order valence-corrected chi connectivity index (χ1v) is 4.59. The molecule has 1 aromatic carbocycles. The Bertz CT molecular complexity index is 407. The summed E-state index contributed by atoms with van der Waals surface area (Å²) < 4.78 is 6.01. The average Bonchev–Trinajstić information content (AvgIpc) is 2.56. The van der Waals surface area contributed by atoms with Crippen LogP contribution in [0, 0.1) is 0 Å². The third-order valence-corrected chi connectivity index (χ3v) is 2.24. The number of phenolic OH excluding ortho intramolecular Hbond substituents is 1. The summed E-state index contributed by atoms with van der Waals surface area (Å²) in [6.45, 7) is 0. The molecule has 0 radical (unpaired) electrons. The van der Waals surface area contributed by atoms with E-state index in [9.17, 15) is 5.11 Å². The predicted octanol–water partition coefficient (Wildman–Crippen LogP) is 3.41. The van der Waals surface area contributed by atoms with Gasteiger partial charge in [0.25, 0.3) is 0 Å². The highest BCUT2D eigenvalue weighted by atomic mass is 79.9. The average molecular weight is 239 g/mol. The Morgan fingerprint density at radius 2 is 2.08 bits per heavy atom. The third-order valence-electron chi connectivity index (χ3n) is 1.75. The van der Waals surface area contributed by atoms with Crippen LogP contribution in [0.4, 0.5) is 0 Å². The molecule has 2 aromatic rings. The lowest BCUT2D eigenvalue weighted by Crippen LogP contribution is -1.75. The van der Waals surface area contributed by atoms with E-state index in [-0.39, 0.29) is 5.75 Å². The van der Waals surface area contributed by atoms with Gasteiger partial charge in [0.15, 0.2) is 0 Å². The van der Waals surface area contributed by atoms with Crippen molar-refractivity contribution in [2.45, 2.75) is 0 Å². The molecule has 0 aliphatic rings. The Labute approximate surface area is 83.9 Å². The summed E-state index contributed by atoms with van der Waals surface area (Å²) in [5.41, 5.74) is 0.702. The Hall–Kier alpha value is -1.22. The molecule has 2 nitrogen and oxygen atoms in total. The fraction of sp³-hybridized carbons (Fsp3) is 0. The topological polar surface area (TPSA) is 33.4 Å². The Morgan fingerprint density at radius 1 is 1.23 bits per heavy atom. The maximum absolute atomic E-state index is 9.57.